The van der Waals surface area contributed by atoms with Crippen LogP contribution in [0.15, 0.2) is 24.5 Å². The summed E-state index contributed by atoms with van der Waals surface area (Å²) in [6, 6.07) is 3.02. The van der Waals surface area contributed by atoms with Gasteiger partial charge in [-0.3, -0.25) is 9.59 Å². The molecule has 2 atom stereocenters. The summed E-state index contributed by atoms with van der Waals surface area (Å²) in [7, 11) is 3.49. The van der Waals surface area contributed by atoms with Gasteiger partial charge in [0.05, 0.1) is 30.3 Å². The Morgan fingerprint density at radius 2 is 1.48 bits per heavy atom. The Morgan fingerprint density at radius 3 is 2.00 bits per heavy atom. The molecule has 6 rings (SSSR count). The van der Waals surface area contributed by atoms with Gasteiger partial charge in [-0.15, -0.1) is 0 Å². The lowest BCUT2D eigenvalue weighted by Gasteiger charge is -2.42. The lowest BCUT2D eigenvalue weighted by Crippen LogP contribution is -2.54. The molecule has 0 saturated heterocycles. The van der Waals surface area contributed by atoms with Crippen molar-refractivity contribution < 1.29 is 24.2 Å². The molecule has 3 aromatic rings. The third-order valence-corrected chi connectivity index (χ3v) is 8.99. The Labute approximate surface area is 285 Å². The second-order valence-corrected chi connectivity index (χ2v) is 12.7. The number of carbonyl (C=O) groups excluding carboxylic acids is 2. The van der Waals surface area contributed by atoms with Crippen LogP contribution in [0.1, 0.15) is 70.3 Å². The summed E-state index contributed by atoms with van der Waals surface area (Å²) in [6.07, 6.45) is 5.19. The number of rotatable bonds is 7. The molecule has 2 aromatic heterocycles. The van der Waals surface area contributed by atoms with Crippen LogP contribution in [0.3, 0.4) is 0 Å². The molecule has 3 aliphatic rings. The molecule has 2 amide bonds. The van der Waals surface area contributed by atoms with Crippen LogP contribution in [0, 0.1) is 0 Å². The molecule has 0 spiro atoms. The van der Waals surface area contributed by atoms with Gasteiger partial charge in [-0.25, -0.2) is 14.8 Å². The van der Waals surface area contributed by atoms with E-state index in [1.54, 1.807) is 48.4 Å². The van der Waals surface area contributed by atoms with E-state index in [4.69, 9.17) is 21.3 Å². The summed E-state index contributed by atoms with van der Waals surface area (Å²) in [6.45, 7) is 12.6. The maximum Gasteiger partial charge on any atom is 0.336 e. The fraction of sp³-hybridized carbons (Fsp3) is 0.485. The second kappa shape index (κ2) is 13.8. The van der Waals surface area contributed by atoms with Crippen molar-refractivity contribution in [3.8, 4) is 5.75 Å². The van der Waals surface area contributed by atoms with Crippen LogP contribution in [-0.2, 0) is 16.0 Å². The molecule has 5 heterocycles. The maximum absolute atomic E-state index is 12.8. The number of fused-ring (bicyclic) bond motifs is 3. The molecule has 48 heavy (non-hydrogen) atoms. The third-order valence-electron chi connectivity index (χ3n) is 8.81. The number of likely N-dealkylation sites (N-methyl/N-ethyl adjacent to an activating group) is 2. The Hall–Kier alpha value is -4.72. The first-order valence-corrected chi connectivity index (χ1v) is 16.5. The van der Waals surface area contributed by atoms with E-state index in [2.05, 4.69) is 20.3 Å². The first kappa shape index (κ1) is 34.6. The molecule has 0 saturated carbocycles. The topological polar surface area (TPSA) is 157 Å². The molecule has 0 fully saturated rings. The van der Waals surface area contributed by atoms with Crippen molar-refractivity contribution in [1.82, 2.24) is 19.9 Å². The number of hydrogen-bond donors (Lipinski definition) is 2. The number of nitrogens with zero attached hydrogens (tertiary/aromatic N) is 8. The zero-order valence-corrected chi connectivity index (χ0v) is 29.2. The van der Waals surface area contributed by atoms with Crippen LogP contribution in [0.5, 0.6) is 5.75 Å². The number of ether oxygens (including phenoxy) is 1. The molecule has 1 aromatic carbocycles. The van der Waals surface area contributed by atoms with Crippen LogP contribution in [-0.4, -0.2) is 87.7 Å². The zero-order chi connectivity index (χ0) is 35.0. The number of aromatic carboxylic acids is 1. The average molecular weight is 680 g/mol. The molecule has 0 bridgehead atoms. The SMILES string of the molecule is CC[C@@H]1C(=O)N(C)c2cnc(Cl)nc2N1C(C)C.CC[C@@H]1C(=O)N(C)c2cnc(Nc3ccc(C(=O)O)c4c3OCC4)nc2N1C(C)C. The first-order chi connectivity index (χ1) is 22.8. The molecule has 0 aliphatic carbocycles. The normalized spacial score (nSPS) is 18.3. The van der Waals surface area contributed by atoms with E-state index in [1.165, 1.54) is 0 Å². The maximum atomic E-state index is 12.8. The van der Waals surface area contributed by atoms with Crippen molar-refractivity contribution in [2.45, 2.75) is 85.0 Å². The molecule has 14 nitrogen and oxygen atoms in total. The standard InChI is InChI=1S/C21H25N5O4.C12H17ClN4O/c1-5-15-19(27)25(4)16-10-22-21(24-18(16)26(15)11(2)3)23-14-7-6-13(20(28)29)12-8-9-30-17(12)14;1-5-8-11(18)16(4)9-6-14-12(13)15-10(9)17(8)7(2)3/h6-7,10-11,15H,5,8-9H2,1-4H3,(H,28,29)(H,22,23,24);6-8H,5H2,1-4H3/t15-;8-/m11/s1. The van der Waals surface area contributed by atoms with Crippen molar-refractivity contribution in [3.63, 3.8) is 0 Å². The summed E-state index contributed by atoms with van der Waals surface area (Å²) in [5, 5.41) is 12.8. The third kappa shape index (κ3) is 6.16. The molecule has 256 valence electrons. The van der Waals surface area contributed by atoms with E-state index in [9.17, 15) is 19.5 Å². The van der Waals surface area contributed by atoms with Crippen LogP contribution in [0.25, 0.3) is 0 Å². The van der Waals surface area contributed by atoms with E-state index in [0.29, 0.717) is 59.6 Å². The largest absolute Gasteiger partial charge is 0.491 e. The number of amides is 2. The Morgan fingerprint density at radius 1 is 0.938 bits per heavy atom. The van der Waals surface area contributed by atoms with Gasteiger partial charge in [0.25, 0.3) is 0 Å². The number of benzene rings is 1. The van der Waals surface area contributed by atoms with Gasteiger partial charge >= 0.3 is 5.97 Å². The highest BCUT2D eigenvalue weighted by Gasteiger charge is 2.39. The van der Waals surface area contributed by atoms with E-state index >= 15 is 0 Å². The van der Waals surface area contributed by atoms with Gasteiger partial charge in [-0.2, -0.15) is 9.97 Å². The lowest BCUT2D eigenvalue weighted by atomic mass is 10.0. The smallest absolute Gasteiger partial charge is 0.336 e. The van der Waals surface area contributed by atoms with Gasteiger partial charge in [-0.1, -0.05) is 13.8 Å². The summed E-state index contributed by atoms with van der Waals surface area (Å²) >= 11 is 5.87. The Balaban J connectivity index is 0.000000214. The molecule has 0 unspecified atom stereocenters. The second-order valence-electron chi connectivity index (χ2n) is 12.4. The molecule has 3 aliphatic heterocycles. The van der Waals surface area contributed by atoms with E-state index < -0.39 is 5.97 Å². The molecular formula is C33H42ClN9O5. The Bertz CT molecular complexity index is 1740. The van der Waals surface area contributed by atoms with Crippen LogP contribution in [0.4, 0.5) is 34.6 Å². The van der Waals surface area contributed by atoms with Crippen LogP contribution in [0.2, 0.25) is 5.28 Å². The van der Waals surface area contributed by atoms with Gasteiger partial charge < -0.3 is 34.8 Å². The minimum atomic E-state index is -0.973. The van der Waals surface area contributed by atoms with E-state index in [0.717, 1.165) is 12.2 Å². The number of anilines is 6. The molecule has 2 N–H and O–H groups in total. The lowest BCUT2D eigenvalue weighted by molar-refractivity contribution is -0.120. The number of carboxylic acid groups (broad SMARTS) is 1. The van der Waals surface area contributed by atoms with Gasteiger partial charge in [-0.05, 0) is 64.3 Å². The number of nitrogens with one attached hydrogen (secondary N) is 1. The summed E-state index contributed by atoms with van der Waals surface area (Å²) in [5.74, 6) is 1.44. The minimum absolute atomic E-state index is 0.0264. The molecular weight excluding hydrogens is 638 g/mol. The summed E-state index contributed by atoms with van der Waals surface area (Å²) in [4.78, 5) is 61.2. The highest BCUT2D eigenvalue weighted by atomic mass is 35.5. The highest BCUT2D eigenvalue weighted by molar-refractivity contribution is 6.28. The quantitative estimate of drug-likeness (QED) is 0.325. The van der Waals surface area contributed by atoms with Crippen molar-refractivity contribution in [3.05, 3.63) is 40.9 Å². The highest BCUT2D eigenvalue weighted by Crippen LogP contribution is 2.40. The van der Waals surface area contributed by atoms with Crippen LogP contribution < -0.4 is 29.7 Å². The fourth-order valence-electron chi connectivity index (χ4n) is 6.51. The number of carbonyl (C=O) groups is 3. The van der Waals surface area contributed by atoms with Gasteiger partial charge in [0, 0.05) is 38.2 Å². The van der Waals surface area contributed by atoms with Crippen molar-refractivity contribution in [2.24, 2.45) is 0 Å². The average Bonchev–Trinajstić information content (AvgIpc) is 3.54. The van der Waals surface area contributed by atoms with Crippen molar-refractivity contribution >= 4 is 64.0 Å². The fourth-order valence-corrected chi connectivity index (χ4v) is 6.64. The van der Waals surface area contributed by atoms with Gasteiger partial charge in [0.2, 0.25) is 23.0 Å². The van der Waals surface area contributed by atoms with E-state index in [-0.39, 0.29) is 46.8 Å². The number of hydrogen-bond acceptors (Lipinski definition) is 11. The minimum Gasteiger partial charge on any atom is -0.491 e. The van der Waals surface area contributed by atoms with Crippen LogP contribution >= 0.6 is 11.6 Å². The zero-order valence-electron chi connectivity index (χ0n) is 28.5. The summed E-state index contributed by atoms with van der Waals surface area (Å²) < 4.78 is 5.69. The number of aromatic nitrogens is 4. The summed E-state index contributed by atoms with van der Waals surface area (Å²) in [5.41, 5.74) is 2.91. The first-order valence-electron chi connectivity index (χ1n) is 16.1. The monoisotopic (exact) mass is 679 g/mol. The van der Waals surface area contributed by atoms with E-state index in [1.807, 2.05) is 51.3 Å². The predicted molar refractivity (Wildman–Crippen MR) is 185 cm³/mol. The van der Waals surface area contributed by atoms with Crippen molar-refractivity contribution in [2.75, 3.05) is 45.6 Å². The van der Waals surface area contributed by atoms with Gasteiger partial charge in [0.15, 0.2) is 11.6 Å². The Kier molecular flexibility index (Phi) is 9.94. The molecule has 15 heteroatoms. The number of halogens is 1. The predicted octanol–water partition coefficient (Wildman–Crippen LogP) is 4.92. The van der Waals surface area contributed by atoms with Crippen molar-refractivity contribution in [1.29, 1.82) is 0 Å². The number of carboxylic acids is 1. The van der Waals surface area contributed by atoms with Gasteiger partial charge in [0.1, 0.15) is 29.2 Å². The molecule has 0 radical (unpaired) electrons.